The monoisotopic (exact) mass is 429 g/mol. The number of imide groups is 1. The van der Waals surface area contributed by atoms with Crippen LogP contribution in [0.1, 0.15) is 16.7 Å². The van der Waals surface area contributed by atoms with Crippen molar-refractivity contribution in [2.24, 2.45) is 0 Å². The first-order chi connectivity index (χ1) is 15.3. The topological polar surface area (TPSA) is 52.7 Å². The van der Waals surface area contributed by atoms with Crippen LogP contribution in [0.3, 0.4) is 0 Å². The summed E-state index contributed by atoms with van der Waals surface area (Å²) in [6, 6.07) is 18.8. The standard InChI is InChI=1S/C26H24FN3O2/c1-16-5-6-17(2)22(15-16)30-25(31)23(18-7-9-19(27)10-8-18)24(26(30)32)28-20-11-13-21(14-12-20)29(3)4/h5-15,28H,1-4H3. The Morgan fingerprint density at radius 3 is 2.12 bits per heavy atom. The number of benzene rings is 3. The van der Waals surface area contributed by atoms with Gasteiger partial charge in [-0.3, -0.25) is 9.59 Å². The predicted octanol–water partition coefficient (Wildman–Crippen LogP) is 4.91. The van der Waals surface area contributed by atoms with Crippen molar-refractivity contribution in [3.8, 4) is 0 Å². The number of amides is 2. The molecule has 0 aliphatic carbocycles. The number of halogens is 1. The van der Waals surface area contributed by atoms with E-state index in [2.05, 4.69) is 5.32 Å². The van der Waals surface area contributed by atoms with Crippen LogP contribution in [-0.4, -0.2) is 25.9 Å². The second-order valence-electron chi connectivity index (χ2n) is 8.06. The summed E-state index contributed by atoms with van der Waals surface area (Å²) >= 11 is 0. The molecule has 0 aromatic heterocycles. The number of aryl methyl sites for hydroxylation is 2. The van der Waals surface area contributed by atoms with Crippen molar-refractivity contribution < 1.29 is 14.0 Å². The van der Waals surface area contributed by atoms with Crippen LogP contribution in [-0.2, 0) is 9.59 Å². The van der Waals surface area contributed by atoms with Gasteiger partial charge in [0.1, 0.15) is 11.5 Å². The Bertz CT molecular complexity index is 1230. The van der Waals surface area contributed by atoms with E-state index in [4.69, 9.17) is 0 Å². The summed E-state index contributed by atoms with van der Waals surface area (Å²) in [5.41, 5.74) is 4.84. The van der Waals surface area contributed by atoms with Crippen LogP contribution in [0, 0.1) is 19.7 Å². The van der Waals surface area contributed by atoms with Gasteiger partial charge in [-0.15, -0.1) is 0 Å². The highest BCUT2D eigenvalue weighted by molar-refractivity contribution is 6.46. The molecule has 162 valence electrons. The van der Waals surface area contributed by atoms with Crippen LogP contribution in [0.4, 0.5) is 21.5 Å². The summed E-state index contributed by atoms with van der Waals surface area (Å²) in [5.74, 6) is -1.30. The lowest BCUT2D eigenvalue weighted by Crippen LogP contribution is -2.33. The first-order valence-corrected chi connectivity index (χ1v) is 10.3. The van der Waals surface area contributed by atoms with Gasteiger partial charge in [0.2, 0.25) is 0 Å². The molecule has 1 aliphatic heterocycles. The zero-order valence-electron chi connectivity index (χ0n) is 18.4. The lowest BCUT2D eigenvalue weighted by atomic mass is 10.0. The average molecular weight is 429 g/mol. The van der Waals surface area contributed by atoms with Crippen molar-refractivity contribution in [3.05, 3.63) is 94.9 Å². The normalized spacial score (nSPS) is 13.7. The summed E-state index contributed by atoms with van der Waals surface area (Å²) in [6.45, 7) is 3.77. The van der Waals surface area contributed by atoms with Gasteiger partial charge < -0.3 is 10.2 Å². The van der Waals surface area contributed by atoms with Gasteiger partial charge in [0.05, 0.1) is 11.3 Å². The largest absolute Gasteiger partial charge is 0.378 e. The number of hydrogen-bond acceptors (Lipinski definition) is 4. The molecule has 0 radical (unpaired) electrons. The molecular weight excluding hydrogens is 405 g/mol. The number of nitrogens with zero attached hydrogens (tertiary/aromatic N) is 2. The van der Waals surface area contributed by atoms with E-state index in [1.807, 2.05) is 75.3 Å². The van der Waals surface area contributed by atoms with E-state index in [9.17, 15) is 14.0 Å². The Morgan fingerprint density at radius 2 is 1.50 bits per heavy atom. The molecule has 3 aromatic carbocycles. The van der Waals surface area contributed by atoms with E-state index in [1.165, 1.54) is 29.2 Å². The van der Waals surface area contributed by atoms with Gasteiger partial charge in [-0.25, -0.2) is 9.29 Å². The van der Waals surface area contributed by atoms with Crippen molar-refractivity contribution in [2.45, 2.75) is 13.8 Å². The molecule has 0 saturated carbocycles. The van der Waals surface area contributed by atoms with Crippen LogP contribution >= 0.6 is 0 Å². The van der Waals surface area contributed by atoms with E-state index in [0.29, 0.717) is 16.9 Å². The Balaban J connectivity index is 1.81. The molecule has 0 atom stereocenters. The van der Waals surface area contributed by atoms with E-state index >= 15 is 0 Å². The molecule has 0 bridgehead atoms. The molecule has 0 spiro atoms. The zero-order chi connectivity index (χ0) is 23.0. The molecule has 4 rings (SSSR count). The maximum atomic E-state index is 13.5. The summed E-state index contributed by atoms with van der Waals surface area (Å²) in [7, 11) is 3.89. The molecule has 32 heavy (non-hydrogen) atoms. The van der Waals surface area contributed by atoms with E-state index in [0.717, 1.165) is 16.8 Å². The van der Waals surface area contributed by atoms with Crippen LogP contribution in [0.15, 0.2) is 72.4 Å². The molecule has 6 heteroatoms. The Kier molecular flexibility index (Phi) is 5.53. The summed E-state index contributed by atoms with van der Waals surface area (Å²) in [4.78, 5) is 30.2. The molecule has 3 aromatic rings. The zero-order valence-corrected chi connectivity index (χ0v) is 18.4. The predicted molar refractivity (Wildman–Crippen MR) is 126 cm³/mol. The molecule has 5 nitrogen and oxygen atoms in total. The molecular formula is C26H24FN3O2. The van der Waals surface area contributed by atoms with Gasteiger partial charge in [-0.2, -0.15) is 0 Å². The molecule has 1 N–H and O–H groups in total. The van der Waals surface area contributed by atoms with E-state index in [-0.39, 0.29) is 11.3 Å². The maximum absolute atomic E-state index is 13.5. The fraction of sp³-hybridized carbons (Fsp3) is 0.154. The quantitative estimate of drug-likeness (QED) is 0.586. The van der Waals surface area contributed by atoms with Gasteiger partial charge >= 0.3 is 0 Å². The fourth-order valence-electron chi connectivity index (χ4n) is 3.70. The average Bonchev–Trinajstić information content (AvgIpc) is 3.00. The first-order valence-electron chi connectivity index (χ1n) is 10.3. The summed E-state index contributed by atoms with van der Waals surface area (Å²) in [5, 5.41) is 3.14. The summed E-state index contributed by atoms with van der Waals surface area (Å²) in [6.07, 6.45) is 0. The molecule has 0 saturated heterocycles. The molecule has 1 aliphatic rings. The highest BCUT2D eigenvalue weighted by Gasteiger charge is 2.40. The first kappa shape index (κ1) is 21.3. The highest BCUT2D eigenvalue weighted by atomic mass is 19.1. The minimum atomic E-state index is -0.445. The summed E-state index contributed by atoms with van der Waals surface area (Å²) < 4.78 is 13.5. The van der Waals surface area contributed by atoms with Gasteiger partial charge in [0, 0.05) is 25.5 Å². The smallest absolute Gasteiger partial charge is 0.282 e. The van der Waals surface area contributed by atoms with Crippen molar-refractivity contribution in [1.82, 2.24) is 0 Å². The molecule has 0 fully saturated rings. The van der Waals surface area contributed by atoms with Crippen molar-refractivity contribution in [2.75, 3.05) is 29.2 Å². The van der Waals surface area contributed by atoms with Gasteiger partial charge in [0.15, 0.2) is 0 Å². The Labute approximate surface area is 186 Å². The third-order valence-electron chi connectivity index (χ3n) is 5.48. The fourth-order valence-corrected chi connectivity index (χ4v) is 3.70. The van der Waals surface area contributed by atoms with Crippen LogP contribution in [0.2, 0.25) is 0 Å². The van der Waals surface area contributed by atoms with Gasteiger partial charge in [-0.05, 0) is 73.0 Å². The Morgan fingerprint density at radius 1 is 0.844 bits per heavy atom. The van der Waals surface area contributed by atoms with Crippen LogP contribution in [0.5, 0.6) is 0 Å². The SMILES string of the molecule is Cc1ccc(C)c(N2C(=O)C(Nc3ccc(N(C)C)cc3)=C(c3ccc(F)cc3)C2=O)c1. The number of hydrogen-bond donors (Lipinski definition) is 1. The molecule has 2 amide bonds. The number of rotatable bonds is 5. The molecule has 0 unspecified atom stereocenters. The van der Waals surface area contributed by atoms with Gasteiger partial charge in [0.25, 0.3) is 11.8 Å². The highest BCUT2D eigenvalue weighted by Crippen LogP contribution is 2.35. The Hall–Kier alpha value is -3.93. The van der Waals surface area contributed by atoms with Crippen molar-refractivity contribution in [1.29, 1.82) is 0 Å². The number of nitrogens with one attached hydrogen (secondary N) is 1. The lowest BCUT2D eigenvalue weighted by molar-refractivity contribution is -0.120. The second kappa shape index (κ2) is 8.30. The minimum absolute atomic E-state index is 0.167. The van der Waals surface area contributed by atoms with Gasteiger partial charge in [-0.1, -0.05) is 24.3 Å². The third kappa shape index (κ3) is 3.87. The van der Waals surface area contributed by atoms with Crippen molar-refractivity contribution >= 4 is 34.4 Å². The minimum Gasteiger partial charge on any atom is -0.378 e. The lowest BCUT2D eigenvalue weighted by Gasteiger charge is -2.18. The number of anilines is 3. The van der Waals surface area contributed by atoms with E-state index < -0.39 is 17.6 Å². The van der Waals surface area contributed by atoms with Crippen LogP contribution < -0.4 is 15.1 Å². The maximum Gasteiger partial charge on any atom is 0.282 e. The van der Waals surface area contributed by atoms with E-state index in [1.54, 1.807) is 0 Å². The van der Waals surface area contributed by atoms with Crippen molar-refractivity contribution in [3.63, 3.8) is 0 Å². The molecule has 1 heterocycles. The second-order valence-corrected chi connectivity index (χ2v) is 8.06. The number of carbonyl (C=O) groups excluding carboxylic acids is 2. The number of carbonyl (C=O) groups is 2. The third-order valence-corrected chi connectivity index (χ3v) is 5.48. The van der Waals surface area contributed by atoms with Crippen LogP contribution in [0.25, 0.3) is 5.57 Å².